The zero-order chi connectivity index (χ0) is 28.3. The van der Waals surface area contributed by atoms with Crippen LogP contribution >= 0.6 is 0 Å². The number of hydrogen-bond acceptors (Lipinski definition) is 5. The van der Waals surface area contributed by atoms with Crippen LogP contribution in [-0.4, -0.2) is 23.6 Å². The summed E-state index contributed by atoms with van der Waals surface area (Å²) in [7, 11) is 0. The molecule has 3 aliphatic rings. The standard InChI is InChI=1S/C15H16F3NO.C8H12O2.C7H12O/c16-15(17,18)12-7-5-11(6-8-12)14(20)9-13(19)10-3-1-2-4-10;1-8(2)4-6(9)3-7(10)5-8;8-6-7-4-2-1-3-5-7/h5-10H,1-4,19H2;3-5H2,1-2H3;6-7H,1-5H2. The van der Waals surface area contributed by atoms with Gasteiger partial charge in [0.05, 0.1) is 12.0 Å². The Labute approximate surface area is 223 Å². The molecule has 0 amide bonds. The molecule has 0 spiro atoms. The molecule has 1 aromatic rings. The highest BCUT2D eigenvalue weighted by molar-refractivity contribution is 6.05. The Morgan fingerprint density at radius 1 is 0.895 bits per heavy atom. The number of allylic oxidation sites excluding steroid dienone is 2. The molecule has 0 unspecified atom stereocenters. The summed E-state index contributed by atoms with van der Waals surface area (Å²) >= 11 is 0. The fourth-order valence-electron chi connectivity index (χ4n) is 5.18. The van der Waals surface area contributed by atoms with Gasteiger partial charge in [0, 0.05) is 36.1 Å². The Hall–Kier alpha value is -2.77. The Morgan fingerprint density at radius 3 is 1.82 bits per heavy atom. The second-order valence-electron chi connectivity index (χ2n) is 11.4. The fourth-order valence-corrected chi connectivity index (χ4v) is 5.18. The van der Waals surface area contributed by atoms with Gasteiger partial charge in [-0.2, -0.15) is 13.2 Å². The molecule has 3 saturated carbocycles. The van der Waals surface area contributed by atoms with Gasteiger partial charge in [-0.05, 0) is 49.1 Å². The van der Waals surface area contributed by atoms with Gasteiger partial charge in [-0.1, -0.05) is 58.1 Å². The van der Waals surface area contributed by atoms with Crippen molar-refractivity contribution >= 4 is 23.6 Å². The number of benzene rings is 1. The molecule has 0 heterocycles. The lowest BCUT2D eigenvalue weighted by atomic mass is 9.76. The Kier molecular flexibility index (Phi) is 11.9. The van der Waals surface area contributed by atoms with E-state index in [1.165, 1.54) is 37.5 Å². The van der Waals surface area contributed by atoms with Crippen LogP contribution in [0.2, 0.25) is 0 Å². The number of nitrogens with two attached hydrogens (primary N) is 1. The van der Waals surface area contributed by atoms with E-state index >= 15 is 0 Å². The Balaban J connectivity index is 0.000000233. The SMILES string of the molecule is CC1(C)CC(=O)CC(=O)C1.NC(=CC(=O)c1ccc(C(F)(F)F)cc1)C1CCCC1.O=CC1CCCCC1. The lowest BCUT2D eigenvalue weighted by molar-refractivity contribution is -0.137. The first kappa shape index (κ1) is 31.4. The molecule has 0 aromatic heterocycles. The van der Waals surface area contributed by atoms with E-state index in [4.69, 9.17) is 5.73 Å². The lowest BCUT2D eigenvalue weighted by Gasteiger charge is -2.26. The van der Waals surface area contributed by atoms with Gasteiger partial charge in [-0.3, -0.25) is 14.4 Å². The number of aldehydes is 1. The fraction of sp³-hybridized carbons (Fsp3) is 0.600. The van der Waals surface area contributed by atoms with Crippen LogP contribution in [0.25, 0.3) is 0 Å². The maximum absolute atomic E-state index is 12.4. The smallest absolute Gasteiger partial charge is 0.402 e. The summed E-state index contributed by atoms with van der Waals surface area (Å²) in [6.07, 6.45) is 9.69. The molecule has 4 rings (SSSR count). The van der Waals surface area contributed by atoms with Crippen LogP contribution in [0.15, 0.2) is 36.0 Å². The molecule has 3 aliphatic carbocycles. The first-order chi connectivity index (χ1) is 17.8. The summed E-state index contributed by atoms with van der Waals surface area (Å²) in [5.41, 5.74) is 5.79. The van der Waals surface area contributed by atoms with Crippen molar-refractivity contribution in [3.8, 4) is 0 Å². The molecule has 38 heavy (non-hydrogen) atoms. The molecule has 210 valence electrons. The van der Waals surface area contributed by atoms with Crippen molar-refractivity contribution in [1.29, 1.82) is 0 Å². The zero-order valence-corrected chi connectivity index (χ0v) is 22.4. The maximum atomic E-state index is 12.4. The average molecular weight is 536 g/mol. The van der Waals surface area contributed by atoms with Crippen molar-refractivity contribution in [2.75, 3.05) is 0 Å². The molecule has 0 atom stereocenters. The molecule has 0 radical (unpaired) electrons. The summed E-state index contributed by atoms with van der Waals surface area (Å²) in [5.74, 6) is 0.489. The van der Waals surface area contributed by atoms with Crippen molar-refractivity contribution in [3.05, 3.63) is 47.2 Å². The lowest BCUT2D eigenvalue weighted by Crippen LogP contribution is -2.28. The molecule has 0 saturated heterocycles. The van der Waals surface area contributed by atoms with E-state index in [2.05, 4.69) is 0 Å². The number of ketones is 3. The number of alkyl halides is 3. The largest absolute Gasteiger partial charge is 0.416 e. The minimum absolute atomic E-state index is 0.0770. The zero-order valence-electron chi connectivity index (χ0n) is 22.4. The summed E-state index contributed by atoms with van der Waals surface area (Å²) in [5, 5.41) is 0. The van der Waals surface area contributed by atoms with Gasteiger partial charge in [0.2, 0.25) is 0 Å². The summed E-state index contributed by atoms with van der Waals surface area (Å²) in [6.45, 7) is 3.92. The number of rotatable bonds is 4. The number of halogens is 3. The van der Waals surface area contributed by atoms with E-state index in [1.54, 1.807) is 0 Å². The van der Waals surface area contributed by atoms with Crippen molar-refractivity contribution in [2.45, 2.75) is 97.1 Å². The quantitative estimate of drug-likeness (QED) is 0.193. The van der Waals surface area contributed by atoms with Crippen LogP contribution in [0.3, 0.4) is 0 Å². The molecule has 0 aliphatic heterocycles. The van der Waals surface area contributed by atoms with E-state index in [0.717, 1.165) is 56.9 Å². The van der Waals surface area contributed by atoms with Crippen LogP contribution in [0.4, 0.5) is 13.2 Å². The molecule has 8 heteroatoms. The Bertz CT molecular complexity index is 966. The molecule has 2 N–H and O–H groups in total. The average Bonchev–Trinajstić information content (AvgIpc) is 3.39. The second kappa shape index (κ2) is 14.4. The molecular weight excluding hydrogens is 495 g/mol. The normalized spacial score (nSPS) is 20.6. The van der Waals surface area contributed by atoms with Crippen molar-refractivity contribution < 1.29 is 32.3 Å². The first-order valence-corrected chi connectivity index (χ1v) is 13.5. The molecule has 1 aromatic carbocycles. The number of Topliss-reactive ketones (excluding diaryl/α,β-unsaturated/α-hetero) is 2. The molecule has 3 fully saturated rings. The molecule has 5 nitrogen and oxygen atoms in total. The van der Waals surface area contributed by atoms with Gasteiger partial charge in [0.1, 0.15) is 17.9 Å². The van der Waals surface area contributed by atoms with Crippen molar-refractivity contribution in [2.24, 2.45) is 23.0 Å². The highest BCUT2D eigenvalue weighted by Gasteiger charge is 2.31. The maximum Gasteiger partial charge on any atom is 0.416 e. The van der Waals surface area contributed by atoms with E-state index in [9.17, 15) is 32.3 Å². The van der Waals surface area contributed by atoms with Crippen LogP contribution in [0.1, 0.15) is 107 Å². The number of carbonyl (C=O) groups is 4. The van der Waals surface area contributed by atoms with Gasteiger partial charge >= 0.3 is 6.18 Å². The summed E-state index contributed by atoms with van der Waals surface area (Å²) in [4.78, 5) is 43.8. The van der Waals surface area contributed by atoms with Gasteiger partial charge in [-0.15, -0.1) is 0 Å². The first-order valence-electron chi connectivity index (χ1n) is 13.5. The van der Waals surface area contributed by atoms with Crippen LogP contribution in [-0.2, 0) is 20.6 Å². The van der Waals surface area contributed by atoms with E-state index in [-0.39, 0.29) is 40.7 Å². The van der Waals surface area contributed by atoms with E-state index in [0.29, 0.717) is 24.5 Å². The minimum Gasteiger partial charge on any atom is -0.402 e. The van der Waals surface area contributed by atoms with Crippen molar-refractivity contribution in [3.63, 3.8) is 0 Å². The molecule has 0 bridgehead atoms. The van der Waals surface area contributed by atoms with E-state index < -0.39 is 11.7 Å². The van der Waals surface area contributed by atoms with Crippen LogP contribution < -0.4 is 5.73 Å². The third-order valence-electron chi connectivity index (χ3n) is 7.21. The molecular formula is C30H40F3NO4. The highest BCUT2D eigenvalue weighted by atomic mass is 19.4. The van der Waals surface area contributed by atoms with Gasteiger partial charge < -0.3 is 10.5 Å². The monoisotopic (exact) mass is 535 g/mol. The minimum atomic E-state index is -4.39. The predicted molar refractivity (Wildman–Crippen MR) is 140 cm³/mol. The highest BCUT2D eigenvalue weighted by Crippen LogP contribution is 2.31. The van der Waals surface area contributed by atoms with Gasteiger partial charge in [-0.25, -0.2) is 0 Å². The summed E-state index contributed by atoms with van der Waals surface area (Å²) in [6, 6.07) is 4.19. The van der Waals surface area contributed by atoms with Crippen molar-refractivity contribution in [1.82, 2.24) is 0 Å². The third-order valence-corrected chi connectivity index (χ3v) is 7.21. The van der Waals surface area contributed by atoms with Crippen LogP contribution in [0, 0.1) is 17.3 Å². The predicted octanol–water partition coefficient (Wildman–Crippen LogP) is 7.02. The van der Waals surface area contributed by atoms with Gasteiger partial charge in [0.25, 0.3) is 0 Å². The Morgan fingerprint density at radius 2 is 1.39 bits per heavy atom. The van der Waals surface area contributed by atoms with Gasteiger partial charge in [0.15, 0.2) is 5.78 Å². The topological polar surface area (TPSA) is 94.3 Å². The third kappa shape index (κ3) is 10.9. The second-order valence-corrected chi connectivity index (χ2v) is 11.4. The van der Waals surface area contributed by atoms with Crippen LogP contribution in [0.5, 0.6) is 0 Å². The van der Waals surface area contributed by atoms with E-state index in [1.807, 2.05) is 13.8 Å². The number of carbonyl (C=O) groups excluding carboxylic acids is 4. The number of hydrogen-bond donors (Lipinski definition) is 1. The summed E-state index contributed by atoms with van der Waals surface area (Å²) < 4.78 is 37.3.